The first kappa shape index (κ1) is 15.3. The topological polar surface area (TPSA) is 24.5 Å². The van der Waals surface area contributed by atoms with E-state index < -0.39 is 0 Å². The first-order valence-corrected chi connectivity index (χ1v) is 7.79. The average molecular weight is 276 g/mol. The molecule has 2 rings (SSSR count). The van der Waals surface area contributed by atoms with Crippen molar-refractivity contribution in [2.75, 3.05) is 33.3 Å². The minimum Gasteiger partial charge on any atom is -0.496 e. The lowest BCUT2D eigenvalue weighted by Crippen LogP contribution is -2.39. The standard InChI is InChI=1S/C17H28N2O/c1-4-18-11-15-6-5-9-19(12-15)13-16-10-14(2)7-8-17(16)20-3/h7-8,10,15,18H,4-6,9,11-13H2,1-3H3. The van der Waals surface area contributed by atoms with Crippen molar-refractivity contribution in [2.24, 2.45) is 5.92 Å². The summed E-state index contributed by atoms with van der Waals surface area (Å²) in [6.07, 6.45) is 2.67. The summed E-state index contributed by atoms with van der Waals surface area (Å²) in [4.78, 5) is 2.57. The minimum absolute atomic E-state index is 0.791. The summed E-state index contributed by atoms with van der Waals surface area (Å²) in [6.45, 7) is 9.96. The van der Waals surface area contributed by atoms with Crippen LogP contribution in [0.3, 0.4) is 0 Å². The molecule has 112 valence electrons. The quantitative estimate of drug-likeness (QED) is 0.864. The molecule has 1 aliphatic heterocycles. The van der Waals surface area contributed by atoms with Gasteiger partial charge in [0.25, 0.3) is 0 Å². The van der Waals surface area contributed by atoms with Crippen LogP contribution in [0.1, 0.15) is 30.9 Å². The summed E-state index contributed by atoms with van der Waals surface area (Å²) >= 11 is 0. The first-order chi connectivity index (χ1) is 9.72. The summed E-state index contributed by atoms with van der Waals surface area (Å²) < 4.78 is 5.49. The van der Waals surface area contributed by atoms with Gasteiger partial charge in [0.15, 0.2) is 0 Å². The van der Waals surface area contributed by atoms with Gasteiger partial charge in [-0.25, -0.2) is 0 Å². The van der Waals surface area contributed by atoms with E-state index >= 15 is 0 Å². The second-order valence-electron chi connectivity index (χ2n) is 5.87. The van der Waals surface area contributed by atoms with Crippen molar-refractivity contribution in [3.05, 3.63) is 29.3 Å². The molecule has 0 aromatic heterocycles. The Morgan fingerprint density at radius 2 is 2.25 bits per heavy atom. The molecule has 0 aliphatic carbocycles. The molecule has 1 N–H and O–H groups in total. The van der Waals surface area contributed by atoms with Gasteiger partial charge < -0.3 is 10.1 Å². The number of likely N-dealkylation sites (tertiary alicyclic amines) is 1. The molecule has 3 heteroatoms. The molecular formula is C17H28N2O. The summed E-state index contributed by atoms with van der Waals surface area (Å²) in [7, 11) is 1.76. The van der Waals surface area contributed by atoms with Crippen LogP contribution in [0.4, 0.5) is 0 Å². The molecule has 1 fully saturated rings. The van der Waals surface area contributed by atoms with E-state index in [1.165, 1.54) is 37.1 Å². The van der Waals surface area contributed by atoms with Gasteiger partial charge in [0.2, 0.25) is 0 Å². The van der Waals surface area contributed by atoms with Gasteiger partial charge in [0.1, 0.15) is 5.75 Å². The first-order valence-electron chi connectivity index (χ1n) is 7.79. The van der Waals surface area contributed by atoms with Crippen LogP contribution in [-0.2, 0) is 6.54 Å². The molecule has 0 radical (unpaired) electrons. The number of ether oxygens (including phenoxy) is 1. The van der Waals surface area contributed by atoms with E-state index in [0.29, 0.717) is 0 Å². The molecule has 0 spiro atoms. The highest BCUT2D eigenvalue weighted by atomic mass is 16.5. The van der Waals surface area contributed by atoms with E-state index in [9.17, 15) is 0 Å². The van der Waals surface area contributed by atoms with Gasteiger partial charge in [0.05, 0.1) is 7.11 Å². The number of hydrogen-bond acceptors (Lipinski definition) is 3. The van der Waals surface area contributed by atoms with Crippen LogP contribution in [0.2, 0.25) is 0 Å². The number of aryl methyl sites for hydroxylation is 1. The SMILES string of the molecule is CCNCC1CCCN(Cc2cc(C)ccc2OC)C1. The molecule has 0 saturated carbocycles. The zero-order valence-electron chi connectivity index (χ0n) is 13.1. The Morgan fingerprint density at radius 1 is 1.40 bits per heavy atom. The highest BCUT2D eigenvalue weighted by Crippen LogP contribution is 2.24. The van der Waals surface area contributed by atoms with Crippen molar-refractivity contribution < 1.29 is 4.74 Å². The number of nitrogens with zero attached hydrogens (tertiary/aromatic N) is 1. The van der Waals surface area contributed by atoms with Gasteiger partial charge in [-0.1, -0.05) is 24.6 Å². The lowest BCUT2D eigenvalue weighted by Gasteiger charge is -2.33. The van der Waals surface area contributed by atoms with Crippen LogP contribution in [0.15, 0.2) is 18.2 Å². The van der Waals surface area contributed by atoms with Crippen LogP contribution in [0.5, 0.6) is 5.75 Å². The summed E-state index contributed by atoms with van der Waals surface area (Å²) in [5.41, 5.74) is 2.62. The molecule has 1 heterocycles. The number of benzene rings is 1. The molecule has 1 unspecified atom stereocenters. The Balaban J connectivity index is 1.97. The molecule has 0 amide bonds. The van der Waals surface area contributed by atoms with E-state index in [1.54, 1.807) is 7.11 Å². The van der Waals surface area contributed by atoms with Gasteiger partial charge in [-0.2, -0.15) is 0 Å². The number of methoxy groups -OCH3 is 1. The predicted octanol–water partition coefficient (Wildman–Crippen LogP) is 2.83. The predicted molar refractivity (Wildman–Crippen MR) is 84.3 cm³/mol. The summed E-state index contributed by atoms with van der Waals surface area (Å²) in [5, 5.41) is 3.48. The van der Waals surface area contributed by atoms with E-state index in [4.69, 9.17) is 4.74 Å². The van der Waals surface area contributed by atoms with Crippen LogP contribution in [0.25, 0.3) is 0 Å². The normalized spacial score (nSPS) is 20.1. The van der Waals surface area contributed by atoms with Gasteiger partial charge in [-0.3, -0.25) is 4.90 Å². The average Bonchev–Trinajstić information content (AvgIpc) is 2.46. The Kier molecular flexibility index (Phi) is 5.86. The van der Waals surface area contributed by atoms with Crippen molar-refractivity contribution in [2.45, 2.75) is 33.2 Å². The van der Waals surface area contributed by atoms with Gasteiger partial charge >= 0.3 is 0 Å². The Bertz CT molecular complexity index is 419. The van der Waals surface area contributed by atoms with Gasteiger partial charge in [-0.05, 0) is 51.4 Å². The fraction of sp³-hybridized carbons (Fsp3) is 0.647. The summed E-state index contributed by atoms with van der Waals surface area (Å²) in [5.74, 6) is 1.81. The lowest BCUT2D eigenvalue weighted by atomic mass is 9.97. The highest BCUT2D eigenvalue weighted by molar-refractivity contribution is 5.36. The molecule has 3 nitrogen and oxygen atoms in total. The van der Waals surface area contributed by atoms with Crippen LogP contribution >= 0.6 is 0 Å². The highest BCUT2D eigenvalue weighted by Gasteiger charge is 2.20. The maximum Gasteiger partial charge on any atom is 0.123 e. The van der Waals surface area contributed by atoms with Gasteiger partial charge in [-0.15, -0.1) is 0 Å². The Hall–Kier alpha value is -1.06. The smallest absolute Gasteiger partial charge is 0.123 e. The monoisotopic (exact) mass is 276 g/mol. The molecule has 0 bridgehead atoms. The number of nitrogens with one attached hydrogen (secondary N) is 1. The molecule has 20 heavy (non-hydrogen) atoms. The van der Waals surface area contributed by atoms with Gasteiger partial charge in [0, 0.05) is 18.7 Å². The maximum atomic E-state index is 5.49. The van der Waals surface area contributed by atoms with E-state index in [2.05, 4.69) is 42.3 Å². The van der Waals surface area contributed by atoms with Crippen LogP contribution < -0.4 is 10.1 Å². The maximum absolute atomic E-state index is 5.49. The second kappa shape index (κ2) is 7.65. The van der Waals surface area contributed by atoms with Crippen molar-refractivity contribution in [1.29, 1.82) is 0 Å². The summed E-state index contributed by atoms with van der Waals surface area (Å²) in [6, 6.07) is 6.46. The third kappa shape index (κ3) is 4.22. The zero-order valence-corrected chi connectivity index (χ0v) is 13.1. The van der Waals surface area contributed by atoms with E-state index in [0.717, 1.165) is 31.3 Å². The van der Waals surface area contributed by atoms with Crippen LogP contribution in [-0.4, -0.2) is 38.2 Å². The molecule has 1 saturated heterocycles. The number of rotatable bonds is 6. The zero-order chi connectivity index (χ0) is 14.4. The fourth-order valence-electron chi connectivity index (χ4n) is 3.08. The Labute approximate surface area is 123 Å². The fourth-order valence-corrected chi connectivity index (χ4v) is 3.08. The number of hydrogen-bond donors (Lipinski definition) is 1. The molecule has 1 atom stereocenters. The number of piperidine rings is 1. The van der Waals surface area contributed by atoms with Crippen LogP contribution in [0, 0.1) is 12.8 Å². The molecule has 1 aliphatic rings. The third-order valence-corrected chi connectivity index (χ3v) is 4.12. The largest absolute Gasteiger partial charge is 0.496 e. The molecular weight excluding hydrogens is 248 g/mol. The van der Waals surface area contributed by atoms with Crippen molar-refractivity contribution >= 4 is 0 Å². The Morgan fingerprint density at radius 3 is 3.00 bits per heavy atom. The van der Waals surface area contributed by atoms with Crippen molar-refractivity contribution in [1.82, 2.24) is 10.2 Å². The minimum atomic E-state index is 0.791. The van der Waals surface area contributed by atoms with Crippen molar-refractivity contribution in [3.8, 4) is 5.75 Å². The third-order valence-electron chi connectivity index (χ3n) is 4.12. The van der Waals surface area contributed by atoms with E-state index in [1.807, 2.05) is 0 Å². The van der Waals surface area contributed by atoms with Crippen molar-refractivity contribution in [3.63, 3.8) is 0 Å². The lowest BCUT2D eigenvalue weighted by molar-refractivity contribution is 0.164. The van der Waals surface area contributed by atoms with E-state index in [-0.39, 0.29) is 0 Å². The molecule has 1 aromatic carbocycles. The molecule has 1 aromatic rings. The second-order valence-corrected chi connectivity index (χ2v) is 5.87.